The van der Waals surface area contributed by atoms with Crippen LogP contribution in [0.15, 0.2) is 48.8 Å². The van der Waals surface area contributed by atoms with Crippen molar-refractivity contribution in [3.05, 3.63) is 65.9 Å². The number of hydrogen-bond donors (Lipinski definition) is 0. The number of benzene rings is 2. The van der Waals surface area contributed by atoms with Crippen LogP contribution in [0.1, 0.15) is 30.1 Å². The Morgan fingerprint density at radius 1 is 1.13 bits per heavy atom. The smallest absolute Gasteiger partial charge is 0.151 e. The number of aryl methyl sites for hydroxylation is 2. The first-order chi connectivity index (χ1) is 14.6. The van der Waals surface area contributed by atoms with Gasteiger partial charge in [0.2, 0.25) is 0 Å². The summed E-state index contributed by atoms with van der Waals surface area (Å²) in [6.07, 6.45) is 3.71. The number of nitrogens with zero attached hydrogens (tertiary/aromatic N) is 5. The number of halogens is 1. The average Bonchev–Trinajstić information content (AvgIpc) is 3.33. The lowest BCUT2D eigenvalue weighted by atomic mass is 9.86. The zero-order chi connectivity index (χ0) is 20.7. The van der Waals surface area contributed by atoms with E-state index in [9.17, 15) is 0 Å². The fourth-order valence-corrected chi connectivity index (χ4v) is 4.65. The quantitative estimate of drug-likeness (QED) is 0.508. The minimum absolute atomic E-state index is 0.0699. The van der Waals surface area contributed by atoms with Crippen LogP contribution in [0.4, 0.5) is 4.39 Å². The maximum atomic E-state index is 15.1. The van der Waals surface area contributed by atoms with Crippen molar-refractivity contribution < 1.29 is 9.13 Å². The summed E-state index contributed by atoms with van der Waals surface area (Å²) in [5, 5.41) is 8.20. The lowest BCUT2D eigenvalue weighted by molar-refractivity contribution is 0.0547. The van der Waals surface area contributed by atoms with E-state index in [2.05, 4.69) is 44.1 Å². The molecule has 6 nitrogen and oxygen atoms in total. The van der Waals surface area contributed by atoms with Gasteiger partial charge in [-0.2, -0.15) is 0 Å². The minimum atomic E-state index is -0.333. The molecule has 5 rings (SSSR count). The molecule has 3 heterocycles. The van der Waals surface area contributed by atoms with E-state index in [0.29, 0.717) is 11.4 Å². The molecule has 0 N–H and O–H groups in total. The highest BCUT2D eigenvalue weighted by Gasteiger charge is 2.29. The van der Waals surface area contributed by atoms with Crippen LogP contribution in [0.2, 0.25) is 0 Å². The predicted octanol–water partition coefficient (Wildman–Crippen LogP) is 4.30. The second-order valence-electron chi connectivity index (χ2n) is 7.93. The van der Waals surface area contributed by atoms with Crippen molar-refractivity contribution in [1.82, 2.24) is 24.5 Å². The van der Waals surface area contributed by atoms with Crippen molar-refractivity contribution in [1.29, 1.82) is 0 Å². The number of rotatable bonds is 4. The first-order valence-electron chi connectivity index (χ1n) is 10.3. The van der Waals surface area contributed by atoms with Gasteiger partial charge in [0.05, 0.1) is 29.3 Å². The standard InChI is InChI=1S/C23H24FN5O/c1-15-22(28(2)27-26-15)18-12-19(24)21-20(13-18)29(14-25-21)23(16-6-4-3-5-7-16)17-8-10-30-11-9-17/h3-7,12-14,17,23H,8-11H2,1-2H3/t23-/m1/s1. The first-order valence-corrected chi connectivity index (χ1v) is 10.3. The summed E-state index contributed by atoms with van der Waals surface area (Å²) in [4.78, 5) is 4.45. The van der Waals surface area contributed by atoms with Gasteiger partial charge in [-0.1, -0.05) is 35.5 Å². The largest absolute Gasteiger partial charge is 0.381 e. The monoisotopic (exact) mass is 405 g/mol. The molecule has 1 aliphatic heterocycles. The lowest BCUT2D eigenvalue weighted by Gasteiger charge is -2.32. The van der Waals surface area contributed by atoms with Crippen molar-refractivity contribution in [2.75, 3.05) is 13.2 Å². The molecule has 154 valence electrons. The summed E-state index contributed by atoms with van der Waals surface area (Å²) in [6, 6.07) is 14.0. The van der Waals surface area contributed by atoms with E-state index in [4.69, 9.17) is 4.74 Å². The third-order valence-electron chi connectivity index (χ3n) is 6.05. The molecule has 4 aromatic rings. The topological polar surface area (TPSA) is 57.8 Å². The molecule has 0 spiro atoms. The molecule has 2 aromatic carbocycles. The third-order valence-corrected chi connectivity index (χ3v) is 6.05. The Hall–Kier alpha value is -3.06. The predicted molar refractivity (Wildman–Crippen MR) is 113 cm³/mol. The van der Waals surface area contributed by atoms with Gasteiger partial charge in [-0.15, -0.1) is 5.10 Å². The van der Waals surface area contributed by atoms with Crippen LogP contribution in [0.3, 0.4) is 0 Å². The van der Waals surface area contributed by atoms with E-state index >= 15 is 4.39 Å². The van der Waals surface area contributed by atoms with Crippen LogP contribution in [0, 0.1) is 18.7 Å². The van der Waals surface area contributed by atoms with E-state index in [1.54, 1.807) is 11.0 Å². The lowest BCUT2D eigenvalue weighted by Crippen LogP contribution is -2.26. The summed E-state index contributed by atoms with van der Waals surface area (Å²) >= 11 is 0. The number of imidazole rings is 1. The van der Waals surface area contributed by atoms with Crippen molar-refractivity contribution in [3.8, 4) is 11.3 Å². The number of hydrogen-bond acceptors (Lipinski definition) is 4. The van der Waals surface area contributed by atoms with Gasteiger partial charge in [-0.25, -0.2) is 14.1 Å². The van der Waals surface area contributed by atoms with Crippen LogP contribution in [-0.4, -0.2) is 37.8 Å². The van der Waals surface area contributed by atoms with E-state index in [1.807, 2.05) is 26.1 Å². The van der Waals surface area contributed by atoms with Crippen molar-refractivity contribution >= 4 is 11.0 Å². The molecular weight excluding hydrogens is 381 g/mol. The second-order valence-corrected chi connectivity index (χ2v) is 7.93. The van der Waals surface area contributed by atoms with E-state index in [0.717, 1.165) is 48.5 Å². The maximum absolute atomic E-state index is 15.1. The van der Waals surface area contributed by atoms with Crippen LogP contribution < -0.4 is 0 Å². The summed E-state index contributed by atoms with van der Waals surface area (Å²) < 4.78 is 24.5. The Morgan fingerprint density at radius 2 is 1.90 bits per heavy atom. The summed E-state index contributed by atoms with van der Waals surface area (Å²) in [5.74, 6) is 0.0611. The van der Waals surface area contributed by atoms with E-state index in [1.165, 1.54) is 11.6 Å². The number of ether oxygens (including phenoxy) is 1. The maximum Gasteiger partial charge on any atom is 0.151 e. The normalized spacial score (nSPS) is 16.2. The highest BCUT2D eigenvalue weighted by Crippen LogP contribution is 2.37. The van der Waals surface area contributed by atoms with Gasteiger partial charge in [0, 0.05) is 25.8 Å². The molecule has 1 fully saturated rings. The highest BCUT2D eigenvalue weighted by molar-refractivity contribution is 5.82. The summed E-state index contributed by atoms with van der Waals surface area (Å²) in [5.41, 5.74) is 4.71. The van der Waals surface area contributed by atoms with Crippen molar-refractivity contribution in [3.63, 3.8) is 0 Å². The molecule has 1 saturated heterocycles. The second kappa shape index (κ2) is 7.65. The minimum Gasteiger partial charge on any atom is -0.381 e. The molecule has 0 amide bonds. The van der Waals surface area contributed by atoms with Gasteiger partial charge >= 0.3 is 0 Å². The van der Waals surface area contributed by atoms with E-state index < -0.39 is 0 Å². The van der Waals surface area contributed by atoms with Crippen LogP contribution in [0.5, 0.6) is 0 Å². The van der Waals surface area contributed by atoms with Gasteiger partial charge in [0.15, 0.2) is 5.82 Å². The zero-order valence-electron chi connectivity index (χ0n) is 17.1. The number of fused-ring (bicyclic) bond motifs is 1. The van der Waals surface area contributed by atoms with Gasteiger partial charge in [-0.05, 0) is 43.4 Å². The van der Waals surface area contributed by atoms with Crippen LogP contribution >= 0.6 is 0 Å². The molecular formula is C23H24FN5O. The molecule has 0 saturated carbocycles. The Morgan fingerprint density at radius 3 is 2.60 bits per heavy atom. The molecule has 2 aromatic heterocycles. The Balaban J connectivity index is 1.70. The fourth-order valence-electron chi connectivity index (χ4n) is 4.65. The van der Waals surface area contributed by atoms with Crippen molar-refractivity contribution in [2.45, 2.75) is 25.8 Å². The Bertz CT molecular complexity index is 1160. The van der Waals surface area contributed by atoms with Crippen LogP contribution in [-0.2, 0) is 11.8 Å². The van der Waals surface area contributed by atoms with E-state index in [-0.39, 0.29) is 11.9 Å². The zero-order valence-corrected chi connectivity index (χ0v) is 17.1. The van der Waals surface area contributed by atoms with Gasteiger partial charge in [-0.3, -0.25) is 0 Å². The van der Waals surface area contributed by atoms with Gasteiger partial charge in [0.25, 0.3) is 0 Å². The molecule has 7 heteroatoms. The molecule has 1 aliphatic rings. The molecule has 0 aliphatic carbocycles. The molecule has 30 heavy (non-hydrogen) atoms. The van der Waals surface area contributed by atoms with Crippen LogP contribution in [0.25, 0.3) is 22.3 Å². The van der Waals surface area contributed by atoms with Crippen molar-refractivity contribution in [2.24, 2.45) is 13.0 Å². The summed E-state index contributed by atoms with van der Waals surface area (Å²) in [6.45, 7) is 3.39. The fraction of sp³-hybridized carbons (Fsp3) is 0.348. The average molecular weight is 405 g/mol. The molecule has 0 unspecified atom stereocenters. The van der Waals surface area contributed by atoms with Gasteiger partial charge in [0.1, 0.15) is 5.52 Å². The molecule has 1 atom stereocenters. The highest BCUT2D eigenvalue weighted by atomic mass is 19.1. The first kappa shape index (κ1) is 18.9. The Labute approximate surface area is 174 Å². The SMILES string of the molecule is Cc1nnn(C)c1-c1cc(F)c2ncn([C@H](c3ccccc3)C3CCOCC3)c2c1. The number of aromatic nitrogens is 5. The molecule has 0 radical (unpaired) electrons. The molecule has 0 bridgehead atoms. The van der Waals surface area contributed by atoms with Gasteiger partial charge < -0.3 is 9.30 Å². The summed E-state index contributed by atoms with van der Waals surface area (Å²) in [7, 11) is 1.82. The third kappa shape index (κ3) is 3.19. The Kier molecular flexibility index (Phi) is 4.83.